The predicted octanol–water partition coefficient (Wildman–Crippen LogP) is 2.28. The van der Waals surface area contributed by atoms with Gasteiger partial charge in [0, 0.05) is 18.3 Å². The Morgan fingerprint density at radius 2 is 2.36 bits per heavy atom. The minimum absolute atomic E-state index is 0.0340. The van der Waals surface area contributed by atoms with Crippen molar-refractivity contribution in [3.63, 3.8) is 0 Å². The third-order valence-electron chi connectivity index (χ3n) is 4.33. The van der Waals surface area contributed by atoms with Crippen molar-refractivity contribution in [2.45, 2.75) is 38.8 Å². The van der Waals surface area contributed by atoms with E-state index in [1.54, 1.807) is 13.1 Å². The van der Waals surface area contributed by atoms with Crippen molar-refractivity contribution in [1.29, 1.82) is 0 Å². The number of carboxylic acid groups (broad SMARTS) is 1. The average Bonchev–Trinajstić information content (AvgIpc) is 3.16. The Morgan fingerprint density at radius 1 is 1.55 bits per heavy atom. The summed E-state index contributed by atoms with van der Waals surface area (Å²) < 4.78 is 7.44. The number of hydrogen-bond donors (Lipinski definition) is 1. The maximum absolute atomic E-state index is 11.1. The number of furan rings is 1. The molecule has 0 bridgehead atoms. The molecule has 1 saturated heterocycles. The molecule has 0 amide bonds. The van der Waals surface area contributed by atoms with Crippen molar-refractivity contribution in [3.8, 4) is 0 Å². The number of nitrogens with zero attached hydrogens (tertiary/aromatic N) is 4. The molecule has 2 aromatic rings. The number of carbonyl (C=O) groups is 1. The highest BCUT2D eigenvalue weighted by atomic mass is 16.4. The van der Waals surface area contributed by atoms with Crippen molar-refractivity contribution in [2.24, 2.45) is 0 Å². The summed E-state index contributed by atoms with van der Waals surface area (Å²) in [5, 5.41) is 17.1. The number of aromatic carboxylic acids is 1. The van der Waals surface area contributed by atoms with Crippen LogP contribution in [-0.4, -0.2) is 44.1 Å². The van der Waals surface area contributed by atoms with E-state index in [4.69, 9.17) is 9.52 Å². The minimum Gasteiger partial charge on any atom is -0.475 e. The van der Waals surface area contributed by atoms with Gasteiger partial charge >= 0.3 is 5.97 Å². The van der Waals surface area contributed by atoms with E-state index in [-0.39, 0.29) is 11.8 Å². The standard InChI is InChI=1S/C15H20N4O3/c1-10-8-13(22-14(10)15(20)21)11(2)18-6-3-4-12(9-18)19-7-5-16-17-19/h5,7-8,11-12H,3-4,6,9H2,1-2H3,(H,20,21). The Bertz CT molecular complexity index is 650. The first-order valence-electron chi connectivity index (χ1n) is 7.49. The highest BCUT2D eigenvalue weighted by Crippen LogP contribution is 2.30. The van der Waals surface area contributed by atoms with Crippen LogP contribution < -0.4 is 0 Å². The van der Waals surface area contributed by atoms with Gasteiger partial charge in [0.15, 0.2) is 0 Å². The van der Waals surface area contributed by atoms with Crippen LogP contribution in [-0.2, 0) is 0 Å². The largest absolute Gasteiger partial charge is 0.475 e. The number of hydrogen-bond acceptors (Lipinski definition) is 5. The molecule has 2 aromatic heterocycles. The van der Waals surface area contributed by atoms with Gasteiger partial charge in [-0.1, -0.05) is 5.21 Å². The minimum atomic E-state index is -1.02. The van der Waals surface area contributed by atoms with Gasteiger partial charge in [0.05, 0.1) is 18.3 Å². The van der Waals surface area contributed by atoms with Gasteiger partial charge in [-0.25, -0.2) is 9.48 Å². The fourth-order valence-corrected chi connectivity index (χ4v) is 3.07. The van der Waals surface area contributed by atoms with Gasteiger partial charge in [-0.3, -0.25) is 4.90 Å². The van der Waals surface area contributed by atoms with Gasteiger partial charge in [0.25, 0.3) is 0 Å². The SMILES string of the molecule is Cc1cc(C(C)N2CCCC(n3ccnn3)C2)oc1C(=O)O. The molecular formula is C15H20N4O3. The average molecular weight is 304 g/mol. The van der Waals surface area contributed by atoms with Crippen LogP contribution in [0.25, 0.3) is 0 Å². The summed E-state index contributed by atoms with van der Waals surface area (Å²) in [6, 6.07) is 2.17. The molecule has 0 spiro atoms. The summed E-state index contributed by atoms with van der Waals surface area (Å²) in [6.07, 6.45) is 5.72. The van der Waals surface area contributed by atoms with Gasteiger partial charge in [-0.2, -0.15) is 0 Å². The van der Waals surface area contributed by atoms with Gasteiger partial charge in [0.2, 0.25) is 5.76 Å². The topological polar surface area (TPSA) is 84.4 Å². The van der Waals surface area contributed by atoms with E-state index in [1.165, 1.54) is 0 Å². The van der Waals surface area contributed by atoms with E-state index in [0.717, 1.165) is 25.9 Å². The number of likely N-dealkylation sites (tertiary alicyclic amines) is 1. The first kappa shape index (κ1) is 14.8. The van der Waals surface area contributed by atoms with E-state index in [2.05, 4.69) is 15.2 Å². The van der Waals surface area contributed by atoms with Gasteiger partial charge < -0.3 is 9.52 Å². The lowest BCUT2D eigenvalue weighted by molar-refractivity contribution is 0.0650. The van der Waals surface area contributed by atoms with Crippen LogP contribution in [0.1, 0.15) is 53.7 Å². The lowest BCUT2D eigenvalue weighted by Crippen LogP contribution is -2.38. The second-order valence-electron chi connectivity index (χ2n) is 5.82. The Hall–Kier alpha value is -2.15. The molecule has 7 heteroatoms. The Labute approximate surface area is 128 Å². The molecule has 118 valence electrons. The zero-order chi connectivity index (χ0) is 15.7. The van der Waals surface area contributed by atoms with Crippen molar-refractivity contribution in [2.75, 3.05) is 13.1 Å². The first-order valence-corrected chi connectivity index (χ1v) is 7.49. The molecular weight excluding hydrogens is 284 g/mol. The molecule has 0 radical (unpaired) electrons. The zero-order valence-electron chi connectivity index (χ0n) is 12.8. The number of carboxylic acids is 1. The molecule has 22 heavy (non-hydrogen) atoms. The van der Waals surface area contributed by atoms with Crippen LogP contribution in [0.2, 0.25) is 0 Å². The molecule has 0 saturated carbocycles. The Balaban J connectivity index is 1.75. The van der Waals surface area contributed by atoms with E-state index < -0.39 is 5.97 Å². The van der Waals surface area contributed by atoms with E-state index in [9.17, 15) is 4.79 Å². The zero-order valence-corrected chi connectivity index (χ0v) is 12.8. The van der Waals surface area contributed by atoms with Crippen LogP contribution >= 0.6 is 0 Å². The van der Waals surface area contributed by atoms with Gasteiger partial charge in [-0.05, 0) is 39.3 Å². The van der Waals surface area contributed by atoms with Crippen LogP contribution in [0, 0.1) is 6.92 Å². The molecule has 0 aliphatic carbocycles. The molecule has 7 nitrogen and oxygen atoms in total. The fraction of sp³-hybridized carbons (Fsp3) is 0.533. The van der Waals surface area contributed by atoms with Gasteiger partial charge in [-0.15, -0.1) is 5.10 Å². The maximum atomic E-state index is 11.1. The third-order valence-corrected chi connectivity index (χ3v) is 4.33. The van der Waals surface area contributed by atoms with Crippen LogP contribution in [0.5, 0.6) is 0 Å². The molecule has 1 N–H and O–H groups in total. The number of aryl methyl sites for hydroxylation is 1. The molecule has 0 aromatic carbocycles. The summed E-state index contributed by atoms with van der Waals surface area (Å²) >= 11 is 0. The molecule has 2 unspecified atom stereocenters. The number of aromatic nitrogens is 3. The van der Waals surface area contributed by atoms with Crippen molar-refractivity contribution in [1.82, 2.24) is 19.9 Å². The second-order valence-corrected chi connectivity index (χ2v) is 5.82. The third kappa shape index (κ3) is 2.76. The van der Waals surface area contributed by atoms with Crippen LogP contribution in [0.3, 0.4) is 0 Å². The Kier molecular flexibility index (Phi) is 3.98. The monoisotopic (exact) mass is 304 g/mol. The normalized spacial score (nSPS) is 20.9. The highest BCUT2D eigenvalue weighted by Gasteiger charge is 2.28. The molecule has 2 atom stereocenters. The second kappa shape index (κ2) is 5.92. The summed E-state index contributed by atoms with van der Waals surface area (Å²) in [4.78, 5) is 13.4. The summed E-state index contributed by atoms with van der Waals surface area (Å²) in [7, 11) is 0. The predicted molar refractivity (Wildman–Crippen MR) is 78.7 cm³/mol. The van der Waals surface area contributed by atoms with Crippen molar-refractivity contribution in [3.05, 3.63) is 35.5 Å². The van der Waals surface area contributed by atoms with E-state index in [0.29, 0.717) is 17.4 Å². The smallest absolute Gasteiger partial charge is 0.372 e. The summed E-state index contributed by atoms with van der Waals surface area (Å²) in [5.74, 6) is -0.282. The molecule has 1 fully saturated rings. The fourth-order valence-electron chi connectivity index (χ4n) is 3.07. The lowest BCUT2D eigenvalue weighted by Gasteiger charge is -2.35. The van der Waals surface area contributed by atoms with E-state index in [1.807, 2.05) is 23.9 Å². The molecule has 3 heterocycles. The quantitative estimate of drug-likeness (QED) is 0.932. The highest BCUT2D eigenvalue weighted by molar-refractivity contribution is 5.86. The van der Waals surface area contributed by atoms with E-state index >= 15 is 0 Å². The molecule has 1 aliphatic heterocycles. The van der Waals surface area contributed by atoms with Gasteiger partial charge in [0.1, 0.15) is 5.76 Å². The Morgan fingerprint density at radius 3 is 3.00 bits per heavy atom. The molecule has 1 aliphatic rings. The first-order chi connectivity index (χ1) is 10.6. The number of rotatable bonds is 4. The summed E-state index contributed by atoms with van der Waals surface area (Å²) in [6.45, 7) is 5.63. The van der Waals surface area contributed by atoms with Crippen molar-refractivity contribution < 1.29 is 14.3 Å². The van der Waals surface area contributed by atoms with Crippen LogP contribution in [0.15, 0.2) is 22.9 Å². The maximum Gasteiger partial charge on any atom is 0.372 e. The van der Waals surface area contributed by atoms with Crippen LogP contribution in [0.4, 0.5) is 0 Å². The van der Waals surface area contributed by atoms with Crippen molar-refractivity contribution >= 4 is 5.97 Å². The lowest BCUT2D eigenvalue weighted by atomic mass is 10.0. The number of piperidine rings is 1. The summed E-state index contributed by atoms with van der Waals surface area (Å²) in [5.41, 5.74) is 0.666. The molecule has 3 rings (SSSR count).